The average molecular weight is 580 g/mol. The molecule has 1 unspecified atom stereocenters. The Morgan fingerprint density at radius 3 is 2.51 bits per heavy atom. The molecule has 3 saturated carbocycles. The number of carbonyl (C=O) groups excluding carboxylic acids is 4. The lowest BCUT2D eigenvalue weighted by molar-refractivity contribution is -0.169. The zero-order chi connectivity index (χ0) is 29.5. The van der Waals surface area contributed by atoms with Gasteiger partial charge in [0.25, 0.3) is 0 Å². The average Bonchev–Trinajstić information content (AvgIpc) is 3.79. The van der Waals surface area contributed by atoms with Gasteiger partial charge in [-0.2, -0.15) is 13.2 Å². The summed E-state index contributed by atoms with van der Waals surface area (Å²) in [7, 11) is 1.61. The molecule has 3 aliphatic carbocycles. The number of alkyl halides is 3. The normalized spacial score (nSPS) is 45.6. The first-order chi connectivity index (χ1) is 19.3. The molecule has 0 aromatic heterocycles. The van der Waals surface area contributed by atoms with Crippen LogP contribution in [0.25, 0.3) is 0 Å². The van der Waals surface area contributed by atoms with Crippen LogP contribution in [0.5, 0.6) is 0 Å². The number of hydrogen-bond acceptors (Lipinski definition) is 5. The predicted octanol–water partition coefficient (Wildman–Crippen LogP) is 2.20. The van der Waals surface area contributed by atoms with Crippen molar-refractivity contribution in [3.05, 3.63) is 0 Å². The number of fused-ring (bicyclic) bond motifs is 5. The van der Waals surface area contributed by atoms with Crippen LogP contribution in [0.2, 0.25) is 0 Å². The Kier molecular flexibility index (Phi) is 6.54. The maximum atomic E-state index is 14.0. The van der Waals surface area contributed by atoms with Gasteiger partial charge in [-0.05, 0) is 55.3 Å². The largest absolute Gasteiger partial charge is 0.395 e. The highest BCUT2D eigenvalue weighted by molar-refractivity contribution is 5.98. The van der Waals surface area contributed by atoms with E-state index in [1.165, 1.54) is 0 Å². The fourth-order valence-corrected chi connectivity index (χ4v) is 8.60. The van der Waals surface area contributed by atoms with E-state index < -0.39 is 46.9 Å². The van der Waals surface area contributed by atoms with E-state index in [9.17, 15) is 32.3 Å². The van der Waals surface area contributed by atoms with Crippen molar-refractivity contribution < 1.29 is 32.3 Å². The summed E-state index contributed by atoms with van der Waals surface area (Å²) in [6.07, 6.45) is 0.263. The molecule has 3 heterocycles. The number of amides is 4. The standard InChI is InChI=1S/C29H40F3N5O4/c1-4-26(2)18-12-37-21(20(18)26)23(39)35-16(11-33-3)9-17-15(10-34-22(17)38)7-5-6-8-19(24(37)40)36-25(41)27-13-28(27,14-27)29(30,31)32/h11,15-21H,4-10,12-14H2,1-3H3,(H,34,38)(H,35,39)(H,36,41)/t15-,16-,17-,18?,19-,20-,21-,26+,27?,28?/m0/s1. The predicted molar refractivity (Wildman–Crippen MR) is 142 cm³/mol. The highest BCUT2D eigenvalue weighted by Crippen LogP contribution is 2.91. The number of carbonyl (C=O) groups is 4. The summed E-state index contributed by atoms with van der Waals surface area (Å²) in [5.41, 5.74) is -3.49. The number of aliphatic imine (C=N–C) groups is 1. The Bertz CT molecular complexity index is 1180. The molecule has 0 radical (unpaired) electrons. The number of rotatable bonds is 4. The van der Waals surface area contributed by atoms with Gasteiger partial charge in [0.2, 0.25) is 23.6 Å². The number of hydrogen-bond donors (Lipinski definition) is 3. The lowest BCUT2D eigenvalue weighted by Gasteiger charge is -2.35. The second kappa shape index (κ2) is 9.42. The van der Waals surface area contributed by atoms with Gasteiger partial charge in [0.15, 0.2) is 0 Å². The van der Waals surface area contributed by atoms with Gasteiger partial charge in [0.05, 0.1) is 16.9 Å². The zero-order valence-electron chi connectivity index (χ0n) is 23.9. The molecule has 41 heavy (non-hydrogen) atoms. The minimum atomic E-state index is -4.44. The molecule has 4 amide bonds. The van der Waals surface area contributed by atoms with Gasteiger partial charge < -0.3 is 20.9 Å². The molecule has 9 nitrogen and oxygen atoms in total. The fourth-order valence-electron chi connectivity index (χ4n) is 8.60. The molecule has 0 spiro atoms. The van der Waals surface area contributed by atoms with E-state index in [0.717, 1.165) is 6.42 Å². The maximum Gasteiger partial charge on any atom is 0.395 e. The van der Waals surface area contributed by atoms with Crippen LogP contribution in [-0.4, -0.2) is 79.2 Å². The molecule has 6 aliphatic rings. The minimum absolute atomic E-state index is 0.0456. The highest BCUT2D eigenvalue weighted by atomic mass is 19.4. The molecule has 8 atom stereocenters. The van der Waals surface area contributed by atoms with Crippen LogP contribution in [0.15, 0.2) is 4.99 Å². The van der Waals surface area contributed by atoms with Gasteiger partial charge in [-0.25, -0.2) is 0 Å². The summed E-state index contributed by atoms with van der Waals surface area (Å²) < 4.78 is 40.7. The second-order valence-electron chi connectivity index (χ2n) is 13.6. The quantitative estimate of drug-likeness (QED) is 0.443. The van der Waals surface area contributed by atoms with Crippen molar-refractivity contribution in [2.75, 3.05) is 20.1 Å². The maximum absolute atomic E-state index is 14.0. The molecule has 0 bridgehead atoms. The first-order valence-electron chi connectivity index (χ1n) is 15.0. The van der Waals surface area contributed by atoms with Crippen LogP contribution in [0.3, 0.4) is 0 Å². The Hall–Kier alpha value is -2.66. The van der Waals surface area contributed by atoms with E-state index >= 15 is 0 Å². The van der Waals surface area contributed by atoms with Crippen LogP contribution in [0, 0.1) is 39.9 Å². The van der Waals surface area contributed by atoms with Crippen molar-refractivity contribution in [2.45, 2.75) is 89.5 Å². The summed E-state index contributed by atoms with van der Waals surface area (Å²) in [4.78, 5) is 59.5. The molecule has 0 aromatic rings. The third-order valence-corrected chi connectivity index (χ3v) is 11.7. The lowest BCUT2D eigenvalue weighted by Crippen LogP contribution is -2.57. The highest BCUT2D eigenvalue weighted by Gasteiger charge is 2.96. The molecular formula is C29H40F3N5O4. The Morgan fingerprint density at radius 2 is 1.88 bits per heavy atom. The van der Waals surface area contributed by atoms with Crippen molar-refractivity contribution in [3.8, 4) is 0 Å². The first kappa shape index (κ1) is 28.5. The van der Waals surface area contributed by atoms with Gasteiger partial charge in [-0.1, -0.05) is 33.1 Å². The summed E-state index contributed by atoms with van der Waals surface area (Å²) in [5, 5.41) is 8.71. The molecular weight excluding hydrogens is 539 g/mol. The first-order valence-corrected chi connectivity index (χ1v) is 15.0. The monoisotopic (exact) mass is 579 g/mol. The summed E-state index contributed by atoms with van der Waals surface area (Å²) in [6.45, 7) is 5.09. The summed E-state index contributed by atoms with van der Waals surface area (Å²) >= 11 is 0. The Labute approximate surface area is 237 Å². The SMILES string of the molecule is CC[C@]1(C)C2CN3C(=O)[C@@H](NC(=O)C45CC4(C(F)(F)F)C5)CCCC[C@H]4CNC(=O)[C@H]4C[C@@H](C=NC)NC(=O)[C@@H]3[C@H]21. The number of halogens is 3. The van der Waals surface area contributed by atoms with Crippen molar-refractivity contribution in [1.29, 1.82) is 0 Å². The molecule has 226 valence electrons. The Morgan fingerprint density at radius 1 is 1.17 bits per heavy atom. The second-order valence-corrected chi connectivity index (χ2v) is 13.6. The van der Waals surface area contributed by atoms with Crippen LogP contribution < -0.4 is 16.0 Å². The molecule has 6 fully saturated rings. The van der Waals surface area contributed by atoms with Crippen molar-refractivity contribution in [1.82, 2.24) is 20.9 Å². The van der Waals surface area contributed by atoms with E-state index in [-0.39, 0.29) is 60.2 Å². The van der Waals surface area contributed by atoms with Gasteiger partial charge in [-0.15, -0.1) is 0 Å². The minimum Gasteiger partial charge on any atom is -0.356 e. The van der Waals surface area contributed by atoms with Crippen molar-refractivity contribution in [3.63, 3.8) is 0 Å². The molecule has 3 saturated heterocycles. The third kappa shape index (κ3) is 4.20. The van der Waals surface area contributed by atoms with Gasteiger partial charge in [0.1, 0.15) is 12.1 Å². The zero-order valence-corrected chi connectivity index (χ0v) is 23.9. The van der Waals surface area contributed by atoms with E-state index in [1.807, 2.05) is 0 Å². The number of nitrogens with one attached hydrogen (secondary N) is 3. The molecule has 3 aliphatic heterocycles. The van der Waals surface area contributed by atoms with Crippen LogP contribution in [0.4, 0.5) is 13.2 Å². The summed E-state index contributed by atoms with van der Waals surface area (Å²) in [5.74, 6) is -1.61. The van der Waals surface area contributed by atoms with Gasteiger partial charge in [0, 0.05) is 32.3 Å². The molecule has 0 aromatic carbocycles. The van der Waals surface area contributed by atoms with Crippen LogP contribution in [-0.2, 0) is 19.2 Å². The number of piperidine rings is 1. The van der Waals surface area contributed by atoms with Gasteiger partial charge in [-0.3, -0.25) is 24.2 Å². The summed E-state index contributed by atoms with van der Waals surface area (Å²) in [6, 6.07) is -2.24. The van der Waals surface area contributed by atoms with E-state index in [1.54, 1.807) is 18.2 Å². The molecule has 12 heteroatoms. The Balaban J connectivity index is 1.27. The van der Waals surface area contributed by atoms with E-state index in [2.05, 4.69) is 34.8 Å². The lowest BCUT2D eigenvalue weighted by atomic mass is 9.85. The number of nitrogens with zero attached hydrogens (tertiary/aromatic N) is 2. The molecule has 6 rings (SSSR count). The molecule has 3 N–H and O–H groups in total. The van der Waals surface area contributed by atoms with Gasteiger partial charge >= 0.3 is 6.18 Å². The van der Waals surface area contributed by atoms with E-state index in [0.29, 0.717) is 38.8 Å². The topological polar surface area (TPSA) is 120 Å². The fraction of sp³-hybridized carbons (Fsp3) is 0.828. The third-order valence-electron chi connectivity index (χ3n) is 11.7. The smallest absolute Gasteiger partial charge is 0.356 e. The van der Waals surface area contributed by atoms with Crippen molar-refractivity contribution in [2.24, 2.45) is 44.9 Å². The van der Waals surface area contributed by atoms with Crippen LogP contribution >= 0.6 is 0 Å². The van der Waals surface area contributed by atoms with E-state index in [4.69, 9.17) is 0 Å². The van der Waals surface area contributed by atoms with Crippen LogP contribution in [0.1, 0.15) is 65.2 Å². The van der Waals surface area contributed by atoms with Crippen molar-refractivity contribution >= 4 is 29.8 Å².